The Kier molecular flexibility index (Phi) is 7.45. The van der Waals surface area contributed by atoms with E-state index in [0.29, 0.717) is 0 Å². The molecule has 0 spiro atoms. The van der Waals surface area contributed by atoms with Crippen LogP contribution < -0.4 is 10.1 Å². The number of ether oxygens (including phenoxy) is 1. The van der Waals surface area contributed by atoms with Gasteiger partial charge in [0.1, 0.15) is 5.75 Å². The van der Waals surface area contributed by atoms with Gasteiger partial charge < -0.3 is 15.0 Å². The van der Waals surface area contributed by atoms with Crippen molar-refractivity contribution in [3.05, 3.63) is 23.5 Å². The molecule has 0 aliphatic rings. The van der Waals surface area contributed by atoms with Crippen molar-refractivity contribution in [2.45, 2.75) is 33.7 Å². The van der Waals surface area contributed by atoms with Crippen LogP contribution in [0.2, 0.25) is 0 Å². The zero-order valence-electron chi connectivity index (χ0n) is 12.7. The molecule has 0 bridgehead atoms. The smallest absolute Gasteiger partial charge is 0.122 e. The number of hydrogen-bond donors (Lipinski definition) is 1. The summed E-state index contributed by atoms with van der Waals surface area (Å²) in [5.74, 6) is 0.882. The molecule has 0 unspecified atom stereocenters. The van der Waals surface area contributed by atoms with E-state index in [1.807, 2.05) is 19.1 Å². The van der Waals surface area contributed by atoms with Gasteiger partial charge in [0.2, 0.25) is 0 Å². The molecule has 0 saturated heterocycles. The van der Waals surface area contributed by atoms with E-state index >= 15 is 0 Å². The summed E-state index contributed by atoms with van der Waals surface area (Å²) in [4.78, 5) is 6.93. The molecule has 0 aromatic carbocycles. The quantitative estimate of drug-likeness (QED) is 0.695. The van der Waals surface area contributed by atoms with Crippen molar-refractivity contribution in [2.75, 3.05) is 33.3 Å². The molecule has 1 N–H and O–H groups in total. The molecule has 0 amide bonds. The third-order valence-corrected chi connectivity index (χ3v) is 3.24. The zero-order chi connectivity index (χ0) is 14.1. The third kappa shape index (κ3) is 6.03. The van der Waals surface area contributed by atoms with Crippen molar-refractivity contribution in [1.29, 1.82) is 0 Å². The normalized spacial score (nSPS) is 11.0. The van der Waals surface area contributed by atoms with Crippen LogP contribution in [0.3, 0.4) is 0 Å². The molecular weight excluding hydrogens is 238 g/mol. The standard InChI is InChI=1S/C15H27N3O/c1-5-18(6-2)9-7-8-16-12-14-11-15(19-4)10-13(3)17-14/h10-11,16H,5-9,12H2,1-4H3. The third-order valence-electron chi connectivity index (χ3n) is 3.24. The first-order valence-electron chi connectivity index (χ1n) is 7.14. The molecule has 1 aromatic rings. The van der Waals surface area contributed by atoms with Gasteiger partial charge in [0.05, 0.1) is 12.8 Å². The lowest BCUT2D eigenvalue weighted by atomic mass is 10.3. The molecule has 4 heteroatoms. The van der Waals surface area contributed by atoms with Crippen LogP contribution in [0.4, 0.5) is 0 Å². The van der Waals surface area contributed by atoms with E-state index in [9.17, 15) is 0 Å². The predicted molar refractivity (Wildman–Crippen MR) is 79.6 cm³/mol. The van der Waals surface area contributed by atoms with E-state index < -0.39 is 0 Å². The average molecular weight is 265 g/mol. The summed E-state index contributed by atoms with van der Waals surface area (Å²) >= 11 is 0. The first kappa shape index (κ1) is 15.9. The van der Waals surface area contributed by atoms with Gasteiger partial charge in [-0.25, -0.2) is 0 Å². The molecule has 1 heterocycles. The van der Waals surface area contributed by atoms with Crippen molar-refractivity contribution >= 4 is 0 Å². The Morgan fingerprint density at radius 3 is 2.63 bits per heavy atom. The molecule has 19 heavy (non-hydrogen) atoms. The number of methoxy groups -OCH3 is 1. The molecule has 0 saturated carbocycles. The lowest BCUT2D eigenvalue weighted by molar-refractivity contribution is 0.298. The highest BCUT2D eigenvalue weighted by Crippen LogP contribution is 2.12. The number of nitrogens with zero attached hydrogens (tertiary/aromatic N) is 2. The molecule has 0 atom stereocenters. The van der Waals surface area contributed by atoms with Crippen molar-refractivity contribution in [3.8, 4) is 5.75 Å². The van der Waals surface area contributed by atoms with Gasteiger partial charge in [0.15, 0.2) is 0 Å². The summed E-state index contributed by atoms with van der Waals surface area (Å²) in [5.41, 5.74) is 2.04. The lowest BCUT2D eigenvalue weighted by Crippen LogP contribution is -2.27. The molecular formula is C15H27N3O. The monoisotopic (exact) mass is 265 g/mol. The van der Waals surface area contributed by atoms with Crippen molar-refractivity contribution < 1.29 is 4.74 Å². The first-order valence-corrected chi connectivity index (χ1v) is 7.14. The highest BCUT2D eigenvalue weighted by molar-refractivity contribution is 5.26. The van der Waals surface area contributed by atoms with E-state index in [2.05, 4.69) is 29.0 Å². The Morgan fingerprint density at radius 2 is 2.00 bits per heavy atom. The molecule has 0 radical (unpaired) electrons. The van der Waals surface area contributed by atoms with Crippen LogP contribution >= 0.6 is 0 Å². The number of aromatic nitrogens is 1. The SMILES string of the molecule is CCN(CC)CCCNCc1cc(OC)cc(C)n1. The van der Waals surface area contributed by atoms with Crippen LogP contribution in [0, 0.1) is 6.92 Å². The second-order valence-electron chi connectivity index (χ2n) is 4.70. The highest BCUT2D eigenvalue weighted by atomic mass is 16.5. The largest absolute Gasteiger partial charge is 0.497 e. The van der Waals surface area contributed by atoms with E-state index in [4.69, 9.17) is 4.74 Å². The minimum Gasteiger partial charge on any atom is -0.497 e. The maximum atomic E-state index is 5.25. The summed E-state index contributed by atoms with van der Waals surface area (Å²) in [5, 5.41) is 3.44. The summed E-state index contributed by atoms with van der Waals surface area (Å²) in [6.07, 6.45) is 1.17. The van der Waals surface area contributed by atoms with Crippen molar-refractivity contribution in [1.82, 2.24) is 15.2 Å². The van der Waals surface area contributed by atoms with Gasteiger partial charge in [-0.1, -0.05) is 13.8 Å². The van der Waals surface area contributed by atoms with E-state index in [-0.39, 0.29) is 0 Å². The summed E-state index contributed by atoms with van der Waals surface area (Å²) in [7, 11) is 1.69. The number of rotatable bonds is 9. The number of nitrogens with one attached hydrogen (secondary N) is 1. The van der Waals surface area contributed by atoms with Crippen LogP contribution in [0.25, 0.3) is 0 Å². The van der Waals surface area contributed by atoms with Gasteiger partial charge in [0, 0.05) is 24.4 Å². The molecule has 1 aromatic heterocycles. The average Bonchev–Trinajstić information content (AvgIpc) is 2.42. The van der Waals surface area contributed by atoms with Gasteiger partial charge in [0.25, 0.3) is 0 Å². The Hall–Kier alpha value is -1.13. The van der Waals surface area contributed by atoms with Crippen LogP contribution in [0.5, 0.6) is 5.75 Å². The molecule has 0 fully saturated rings. The Morgan fingerprint density at radius 1 is 1.26 bits per heavy atom. The minimum atomic E-state index is 0.802. The van der Waals surface area contributed by atoms with Crippen LogP contribution in [0.1, 0.15) is 31.7 Å². The summed E-state index contributed by atoms with van der Waals surface area (Å²) in [6.45, 7) is 11.7. The maximum absolute atomic E-state index is 5.25. The number of aryl methyl sites for hydroxylation is 1. The fourth-order valence-corrected chi connectivity index (χ4v) is 2.10. The van der Waals surface area contributed by atoms with Crippen molar-refractivity contribution in [3.63, 3.8) is 0 Å². The topological polar surface area (TPSA) is 37.4 Å². The second-order valence-corrected chi connectivity index (χ2v) is 4.70. The Bertz CT molecular complexity index is 364. The van der Waals surface area contributed by atoms with E-state index in [0.717, 1.165) is 49.9 Å². The maximum Gasteiger partial charge on any atom is 0.122 e. The summed E-state index contributed by atoms with van der Waals surface area (Å²) < 4.78 is 5.25. The Balaban J connectivity index is 2.27. The van der Waals surface area contributed by atoms with Crippen LogP contribution in [0.15, 0.2) is 12.1 Å². The van der Waals surface area contributed by atoms with Gasteiger partial charge in [-0.15, -0.1) is 0 Å². The lowest BCUT2D eigenvalue weighted by Gasteiger charge is -2.17. The van der Waals surface area contributed by atoms with E-state index in [1.165, 1.54) is 6.42 Å². The second kappa shape index (κ2) is 8.88. The fourth-order valence-electron chi connectivity index (χ4n) is 2.10. The zero-order valence-corrected chi connectivity index (χ0v) is 12.7. The van der Waals surface area contributed by atoms with Gasteiger partial charge in [-0.3, -0.25) is 4.98 Å². The van der Waals surface area contributed by atoms with Gasteiger partial charge in [-0.05, 0) is 39.5 Å². The minimum absolute atomic E-state index is 0.802. The van der Waals surface area contributed by atoms with Crippen LogP contribution in [-0.4, -0.2) is 43.2 Å². The van der Waals surface area contributed by atoms with E-state index in [1.54, 1.807) is 7.11 Å². The molecule has 1 rings (SSSR count). The summed E-state index contributed by atoms with van der Waals surface area (Å²) in [6, 6.07) is 3.94. The predicted octanol–water partition coefficient (Wildman–Crippen LogP) is 2.22. The molecule has 0 aliphatic carbocycles. The van der Waals surface area contributed by atoms with Gasteiger partial charge in [-0.2, -0.15) is 0 Å². The molecule has 108 valence electrons. The van der Waals surface area contributed by atoms with Crippen LogP contribution in [-0.2, 0) is 6.54 Å². The first-order chi connectivity index (χ1) is 9.19. The highest BCUT2D eigenvalue weighted by Gasteiger charge is 2.01. The molecule has 4 nitrogen and oxygen atoms in total. The number of hydrogen-bond acceptors (Lipinski definition) is 4. The fraction of sp³-hybridized carbons (Fsp3) is 0.667. The van der Waals surface area contributed by atoms with Crippen molar-refractivity contribution in [2.24, 2.45) is 0 Å². The van der Waals surface area contributed by atoms with Gasteiger partial charge >= 0.3 is 0 Å². The Labute approximate surface area is 117 Å². The molecule has 0 aliphatic heterocycles. The number of pyridine rings is 1.